The van der Waals surface area contributed by atoms with Gasteiger partial charge in [0.05, 0.1) is 0 Å². The van der Waals surface area contributed by atoms with Gasteiger partial charge in [-0.2, -0.15) is 4.98 Å². The van der Waals surface area contributed by atoms with Crippen LogP contribution in [-0.4, -0.2) is 26.1 Å². The number of aryl methyl sites for hydroxylation is 2. The van der Waals surface area contributed by atoms with E-state index in [4.69, 9.17) is 0 Å². The molecule has 0 aliphatic heterocycles. The first kappa shape index (κ1) is 14.6. The molecular weight excluding hydrogens is 302 g/mol. The van der Waals surface area contributed by atoms with Crippen LogP contribution in [0.25, 0.3) is 11.5 Å². The van der Waals surface area contributed by atoms with E-state index in [1.54, 1.807) is 6.20 Å². The van der Waals surface area contributed by atoms with E-state index in [-0.39, 0.29) is 11.9 Å². The molecule has 24 heavy (non-hydrogen) atoms. The van der Waals surface area contributed by atoms with Gasteiger partial charge in [-0.05, 0) is 61.1 Å². The third-order valence-corrected chi connectivity index (χ3v) is 4.23. The number of H-pyrrole nitrogens is 1. The molecule has 3 aromatic rings. The molecule has 1 aromatic carbocycles. The molecule has 1 aliphatic carbocycles. The third-order valence-electron chi connectivity index (χ3n) is 4.23. The molecule has 2 aromatic heterocycles. The molecule has 0 saturated carbocycles. The van der Waals surface area contributed by atoms with Crippen LogP contribution in [0.15, 0.2) is 42.6 Å². The first-order valence-corrected chi connectivity index (χ1v) is 8.06. The Bertz CT molecular complexity index is 872. The van der Waals surface area contributed by atoms with Gasteiger partial charge in [0.15, 0.2) is 5.82 Å². The smallest absolute Gasteiger partial charge is 0.258 e. The monoisotopic (exact) mass is 319 g/mol. The minimum absolute atomic E-state index is 0.199. The van der Waals surface area contributed by atoms with Gasteiger partial charge in [0.2, 0.25) is 5.95 Å². The number of rotatable bonds is 3. The molecule has 1 aliphatic rings. The van der Waals surface area contributed by atoms with E-state index in [0.29, 0.717) is 17.1 Å². The normalized spacial score (nSPS) is 13.3. The summed E-state index contributed by atoms with van der Waals surface area (Å²) in [4.78, 5) is 20.9. The van der Waals surface area contributed by atoms with Gasteiger partial charge in [0, 0.05) is 11.8 Å². The van der Waals surface area contributed by atoms with Gasteiger partial charge in [0.25, 0.3) is 5.91 Å². The Labute approximate surface area is 139 Å². The van der Waals surface area contributed by atoms with Gasteiger partial charge in [0.1, 0.15) is 5.69 Å². The molecule has 0 spiro atoms. The summed E-state index contributed by atoms with van der Waals surface area (Å²) in [7, 11) is 0. The second-order valence-corrected chi connectivity index (χ2v) is 5.87. The van der Waals surface area contributed by atoms with Gasteiger partial charge in [-0.15, -0.1) is 5.10 Å². The Morgan fingerprint density at radius 2 is 1.96 bits per heavy atom. The van der Waals surface area contributed by atoms with Gasteiger partial charge < -0.3 is 0 Å². The van der Waals surface area contributed by atoms with Crippen molar-refractivity contribution in [3.63, 3.8) is 0 Å². The second-order valence-electron chi connectivity index (χ2n) is 5.87. The molecule has 1 amide bonds. The molecule has 6 heteroatoms. The lowest BCUT2D eigenvalue weighted by Gasteiger charge is -2.16. The first-order valence-electron chi connectivity index (χ1n) is 8.06. The van der Waals surface area contributed by atoms with Gasteiger partial charge >= 0.3 is 0 Å². The number of hydrogen-bond donors (Lipinski definition) is 2. The number of nitrogens with one attached hydrogen (secondary N) is 2. The lowest BCUT2D eigenvalue weighted by molar-refractivity contribution is 0.102. The Morgan fingerprint density at radius 1 is 1.08 bits per heavy atom. The molecule has 2 heterocycles. The largest absolute Gasteiger partial charge is 0.289 e. The molecule has 0 unspecified atom stereocenters. The second kappa shape index (κ2) is 6.23. The van der Waals surface area contributed by atoms with E-state index in [9.17, 15) is 4.79 Å². The molecule has 0 bridgehead atoms. The highest BCUT2D eigenvalue weighted by Gasteiger charge is 2.15. The number of anilines is 1. The molecule has 2 N–H and O–H groups in total. The standard InChI is InChI=1S/C18H17N5O/c24-17(14-9-8-12-5-1-2-6-13(12)11-14)21-18-20-16(22-23-18)15-7-3-4-10-19-15/h3-4,7-11H,1-2,5-6H2,(H2,20,21,22,23,24). The van der Waals surface area contributed by atoms with E-state index < -0.39 is 0 Å². The zero-order valence-electron chi connectivity index (χ0n) is 13.1. The molecule has 0 fully saturated rings. The maximum atomic E-state index is 12.4. The van der Waals surface area contributed by atoms with E-state index >= 15 is 0 Å². The van der Waals surface area contributed by atoms with E-state index in [0.717, 1.165) is 12.8 Å². The summed E-state index contributed by atoms with van der Waals surface area (Å²) in [5.41, 5.74) is 3.95. The maximum Gasteiger partial charge on any atom is 0.258 e. The van der Waals surface area contributed by atoms with Crippen LogP contribution < -0.4 is 5.32 Å². The lowest BCUT2D eigenvalue weighted by Crippen LogP contribution is -2.14. The summed E-state index contributed by atoms with van der Waals surface area (Å²) in [6.07, 6.45) is 6.24. The highest BCUT2D eigenvalue weighted by Crippen LogP contribution is 2.22. The average molecular weight is 319 g/mol. The number of pyridine rings is 1. The van der Waals surface area contributed by atoms with Crippen molar-refractivity contribution in [2.75, 3.05) is 5.32 Å². The van der Waals surface area contributed by atoms with Crippen LogP contribution in [-0.2, 0) is 12.8 Å². The SMILES string of the molecule is O=C(Nc1n[nH]c(-c2ccccn2)n1)c1ccc2c(c1)CCCC2. The predicted octanol–water partition coefficient (Wildman–Crippen LogP) is 3.00. The minimum Gasteiger partial charge on any atom is -0.289 e. The third kappa shape index (κ3) is 2.90. The summed E-state index contributed by atoms with van der Waals surface area (Å²) in [6.45, 7) is 0. The van der Waals surface area contributed by atoms with Gasteiger partial charge in [-0.25, -0.2) is 0 Å². The predicted molar refractivity (Wildman–Crippen MR) is 90.7 cm³/mol. The van der Waals surface area contributed by atoms with Crippen molar-refractivity contribution in [1.29, 1.82) is 0 Å². The Hall–Kier alpha value is -3.02. The fraction of sp³-hybridized carbons (Fsp3) is 0.222. The number of aromatic amines is 1. The highest BCUT2D eigenvalue weighted by molar-refractivity contribution is 6.03. The van der Waals surface area contributed by atoms with Crippen LogP contribution in [0.4, 0.5) is 5.95 Å². The van der Waals surface area contributed by atoms with Crippen LogP contribution in [0.3, 0.4) is 0 Å². The summed E-state index contributed by atoms with van der Waals surface area (Å²) in [5.74, 6) is 0.574. The molecule has 0 saturated heterocycles. The zero-order chi connectivity index (χ0) is 16.4. The number of aromatic nitrogens is 4. The molecule has 4 rings (SSSR count). The number of carbonyl (C=O) groups is 1. The summed E-state index contributed by atoms with van der Waals surface area (Å²) in [5, 5.41) is 9.56. The first-order chi connectivity index (χ1) is 11.8. The van der Waals surface area contributed by atoms with Gasteiger partial charge in [-0.3, -0.25) is 20.2 Å². The van der Waals surface area contributed by atoms with Crippen molar-refractivity contribution in [2.24, 2.45) is 0 Å². The molecule has 0 radical (unpaired) electrons. The van der Waals surface area contributed by atoms with E-state index in [1.807, 2.05) is 30.3 Å². The zero-order valence-corrected chi connectivity index (χ0v) is 13.1. The van der Waals surface area contributed by atoms with E-state index in [1.165, 1.54) is 24.0 Å². The van der Waals surface area contributed by atoms with Crippen molar-refractivity contribution >= 4 is 11.9 Å². The number of carbonyl (C=O) groups excluding carboxylic acids is 1. The Kier molecular flexibility index (Phi) is 3.78. The highest BCUT2D eigenvalue weighted by atomic mass is 16.1. The quantitative estimate of drug-likeness (QED) is 0.777. The molecule has 6 nitrogen and oxygen atoms in total. The van der Waals surface area contributed by atoms with Crippen LogP contribution >= 0.6 is 0 Å². The minimum atomic E-state index is -0.199. The lowest BCUT2D eigenvalue weighted by atomic mass is 9.90. The van der Waals surface area contributed by atoms with E-state index in [2.05, 4.69) is 31.5 Å². The van der Waals surface area contributed by atoms with Crippen LogP contribution in [0.5, 0.6) is 0 Å². The number of nitrogens with zero attached hydrogens (tertiary/aromatic N) is 3. The van der Waals surface area contributed by atoms with Crippen molar-refractivity contribution in [1.82, 2.24) is 20.2 Å². The topological polar surface area (TPSA) is 83.6 Å². The summed E-state index contributed by atoms with van der Waals surface area (Å²) < 4.78 is 0. The number of benzene rings is 1. The van der Waals surface area contributed by atoms with Gasteiger partial charge in [-0.1, -0.05) is 12.1 Å². The van der Waals surface area contributed by atoms with Crippen LogP contribution in [0.1, 0.15) is 34.3 Å². The summed E-state index contributed by atoms with van der Waals surface area (Å²) >= 11 is 0. The molecule has 0 atom stereocenters. The fourth-order valence-corrected chi connectivity index (χ4v) is 2.98. The van der Waals surface area contributed by atoms with Crippen molar-refractivity contribution < 1.29 is 4.79 Å². The van der Waals surface area contributed by atoms with Crippen LogP contribution in [0.2, 0.25) is 0 Å². The Balaban J connectivity index is 1.51. The Morgan fingerprint density at radius 3 is 2.79 bits per heavy atom. The van der Waals surface area contributed by atoms with Crippen molar-refractivity contribution in [3.05, 3.63) is 59.3 Å². The molecular formula is C18H17N5O. The number of hydrogen-bond acceptors (Lipinski definition) is 4. The van der Waals surface area contributed by atoms with Crippen molar-refractivity contribution in [2.45, 2.75) is 25.7 Å². The molecule has 120 valence electrons. The maximum absolute atomic E-state index is 12.4. The van der Waals surface area contributed by atoms with Crippen LogP contribution in [0, 0.1) is 0 Å². The number of fused-ring (bicyclic) bond motifs is 1. The van der Waals surface area contributed by atoms with Crippen molar-refractivity contribution in [3.8, 4) is 11.5 Å². The number of amides is 1. The summed E-state index contributed by atoms with van der Waals surface area (Å²) in [6, 6.07) is 11.4. The average Bonchev–Trinajstić information content (AvgIpc) is 3.10. The fourth-order valence-electron chi connectivity index (χ4n) is 2.98.